The summed E-state index contributed by atoms with van der Waals surface area (Å²) < 4.78 is 29.9. The SMILES string of the molecule is C=O.CN.COC(=O)Cc1cc2oc(-c3ccc(F)cc3)c(C)c2cc1OC(C)C. The van der Waals surface area contributed by atoms with E-state index in [1.807, 2.05) is 39.7 Å². The molecule has 0 saturated heterocycles. The van der Waals surface area contributed by atoms with Crippen molar-refractivity contribution in [2.75, 3.05) is 14.2 Å². The van der Waals surface area contributed by atoms with Crippen LogP contribution in [0.2, 0.25) is 0 Å². The standard InChI is InChI=1S/C21H21FO4.CH5N.CH2O/c1-12(2)25-18-11-17-13(3)21(14-5-7-16(22)8-6-14)26-19(17)9-15(18)10-20(23)24-4;2*1-2/h5-9,11-12H,10H2,1-4H3;2H2,1H3;1H2. The van der Waals surface area contributed by atoms with Gasteiger partial charge in [-0.1, -0.05) is 0 Å². The van der Waals surface area contributed by atoms with Crippen molar-refractivity contribution < 1.29 is 27.9 Å². The lowest BCUT2D eigenvalue weighted by molar-refractivity contribution is -0.139. The Morgan fingerprint density at radius 2 is 1.77 bits per heavy atom. The van der Waals surface area contributed by atoms with Crippen molar-refractivity contribution in [3.8, 4) is 17.1 Å². The Morgan fingerprint density at radius 3 is 2.30 bits per heavy atom. The average molecular weight is 417 g/mol. The van der Waals surface area contributed by atoms with Crippen LogP contribution in [0.4, 0.5) is 4.39 Å². The van der Waals surface area contributed by atoms with E-state index in [9.17, 15) is 9.18 Å². The van der Waals surface area contributed by atoms with Crippen molar-refractivity contribution in [3.05, 3.63) is 53.3 Å². The lowest BCUT2D eigenvalue weighted by Gasteiger charge is -2.14. The molecule has 6 nitrogen and oxygen atoms in total. The number of rotatable bonds is 5. The highest BCUT2D eigenvalue weighted by molar-refractivity contribution is 5.90. The highest BCUT2D eigenvalue weighted by Crippen LogP contribution is 2.37. The van der Waals surface area contributed by atoms with Crippen molar-refractivity contribution in [2.45, 2.75) is 33.3 Å². The fourth-order valence-electron chi connectivity index (χ4n) is 2.89. The maximum absolute atomic E-state index is 13.2. The zero-order valence-electron chi connectivity index (χ0n) is 18.0. The third-order valence-corrected chi connectivity index (χ3v) is 4.15. The van der Waals surface area contributed by atoms with Crippen LogP contribution < -0.4 is 10.5 Å². The van der Waals surface area contributed by atoms with Gasteiger partial charge in [-0.2, -0.15) is 0 Å². The molecule has 7 heteroatoms. The monoisotopic (exact) mass is 417 g/mol. The van der Waals surface area contributed by atoms with Gasteiger partial charge in [-0.25, -0.2) is 4.39 Å². The number of ether oxygens (including phenoxy) is 2. The second-order valence-corrected chi connectivity index (χ2v) is 6.44. The molecule has 2 aromatic carbocycles. The van der Waals surface area contributed by atoms with E-state index in [4.69, 9.17) is 18.7 Å². The Bertz CT molecular complexity index is 964. The fraction of sp³-hybridized carbons (Fsp3) is 0.304. The molecule has 0 fully saturated rings. The fourth-order valence-corrected chi connectivity index (χ4v) is 2.89. The molecule has 0 saturated carbocycles. The summed E-state index contributed by atoms with van der Waals surface area (Å²) in [7, 11) is 2.85. The molecule has 3 rings (SSSR count). The van der Waals surface area contributed by atoms with Crippen molar-refractivity contribution in [1.82, 2.24) is 0 Å². The number of hydrogen-bond donors (Lipinski definition) is 1. The Labute approximate surface area is 175 Å². The number of benzene rings is 2. The molecule has 1 heterocycles. The van der Waals surface area contributed by atoms with Gasteiger partial charge in [-0.3, -0.25) is 4.79 Å². The van der Waals surface area contributed by atoms with Crippen LogP contribution in [0.3, 0.4) is 0 Å². The van der Waals surface area contributed by atoms with Crippen LogP contribution in [0.1, 0.15) is 25.0 Å². The van der Waals surface area contributed by atoms with Gasteiger partial charge in [0.15, 0.2) is 0 Å². The van der Waals surface area contributed by atoms with Gasteiger partial charge in [0.1, 0.15) is 29.7 Å². The van der Waals surface area contributed by atoms with E-state index in [-0.39, 0.29) is 24.3 Å². The van der Waals surface area contributed by atoms with Gasteiger partial charge in [-0.15, -0.1) is 0 Å². The van der Waals surface area contributed by atoms with E-state index < -0.39 is 0 Å². The minimum Gasteiger partial charge on any atom is -0.491 e. The molecular weight excluding hydrogens is 389 g/mol. The van der Waals surface area contributed by atoms with Gasteiger partial charge in [0.25, 0.3) is 0 Å². The third-order valence-electron chi connectivity index (χ3n) is 4.15. The summed E-state index contributed by atoms with van der Waals surface area (Å²) in [5.74, 6) is 0.661. The Balaban J connectivity index is 0.00000106. The first kappa shape index (κ1) is 24.8. The molecule has 0 radical (unpaired) electrons. The summed E-state index contributed by atoms with van der Waals surface area (Å²) in [6.45, 7) is 7.81. The van der Waals surface area contributed by atoms with E-state index in [0.29, 0.717) is 22.7 Å². The molecule has 30 heavy (non-hydrogen) atoms. The van der Waals surface area contributed by atoms with Crippen molar-refractivity contribution in [3.63, 3.8) is 0 Å². The Kier molecular flexibility index (Phi) is 9.71. The zero-order valence-corrected chi connectivity index (χ0v) is 18.0. The molecule has 0 atom stereocenters. The number of nitrogens with two attached hydrogens (primary N) is 1. The molecular formula is C23H28FNO5. The molecule has 162 valence electrons. The summed E-state index contributed by atoms with van der Waals surface area (Å²) in [6.07, 6.45) is 0.0627. The number of aryl methyl sites for hydroxylation is 1. The highest BCUT2D eigenvalue weighted by Gasteiger charge is 2.18. The predicted octanol–water partition coefficient (Wildman–Crippen LogP) is 4.44. The molecule has 0 spiro atoms. The number of furan rings is 1. The lowest BCUT2D eigenvalue weighted by Crippen LogP contribution is -2.10. The van der Waals surface area contributed by atoms with Gasteiger partial charge in [0, 0.05) is 22.1 Å². The number of carbonyl (C=O) groups excluding carboxylic acids is 2. The number of carbonyl (C=O) groups is 2. The molecule has 3 aromatic rings. The average Bonchev–Trinajstić information content (AvgIpc) is 3.07. The van der Waals surface area contributed by atoms with Crippen molar-refractivity contribution in [1.29, 1.82) is 0 Å². The number of fused-ring (bicyclic) bond motifs is 1. The predicted molar refractivity (Wildman–Crippen MR) is 115 cm³/mol. The Hall–Kier alpha value is -3.19. The molecule has 1 aromatic heterocycles. The number of halogens is 1. The first-order chi connectivity index (χ1) is 14.4. The van der Waals surface area contributed by atoms with Crippen LogP contribution in [0, 0.1) is 12.7 Å². The maximum atomic E-state index is 13.2. The smallest absolute Gasteiger partial charge is 0.310 e. The minimum atomic E-state index is -0.347. The molecule has 0 unspecified atom stereocenters. The highest BCUT2D eigenvalue weighted by atomic mass is 19.1. The molecule has 0 amide bonds. The van der Waals surface area contributed by atoms with Crippen molar-refractivity contribution >= 4 is 23.7 Å². The first-order valence-electron chi connectivity index (χ1n) is 9.31. The summed E-state index contributed by atoms with van der Waals surface area (Å²) in [5, 5.41) is 0.897. The van der Waals surface area contributed by atoms with E-state index in [2.05, 4.69) is 5.73 Å². The summed E-state index contributed by atoms with van der Waals surface area (Å²) >= 11 is 0. The number of esters is 1. The van der Waals surface area contributed by atoms with Crippen LogP contribution in [-0.2, 0) is 20.7 Å². The van der Waals surface area contributed by atoms with Gasteiger partial charge < -0.3 is 24.4 Å². The van der Waals surface area contributed by atoms with Crippen LogP contribution in [0.15, 0.2) is 40.8 Å². The van der Waals surface area contributed by atoms with Gasteiger partial charge in [-0.05, 0) is 64.2 Å². The molecule has 2 N–H and O–H groups in total. The van der Waals surface area contributed by atoms with Crippen LogP contribution >= 0.6 is 0 Å². The van der Waals surface area contributed by atoms with Gasteiger partial charge in [0.2, 0.25) is 0 Å². The molecule has 0 aliphatic heterocycles. The van der Waals surface area contributed by atoms with Gasteiger partial charge in [0.05, 0.1) is 19.6 Å². The van der Waals surface area contributed by atoms with E-state index in [0.717, 1.165) is 16.5 Å². The number of hydrogen-bond acceptors (Lipinski definition) is 6. The molecule has 0 bridgehead atoms. The van der Waals surface area contributed by atoms with Crippen LogP contribution in [0.25, 0.3) is 22.3 Å². The molecule has 0 aliphatic rings. The summed E-state index contributed by atoms with van der Waals surface area (Å²) in [5.41, 5.74) is 7.58. The second kappa shape index (κ2) is 11.7. The quantitative estimate of drug-likeness (QED) is 0.617. The summed E-state index contributed by atoms with van der Waals surface area (Å²) in [4.78, 5) is 19.7. The van der Waals surface area contributed by atoms with E-state index in [1.165, 1.54) is 26.3 Å². The molecule has 0 aliphatic carbocycles. The minimum absolute atomic E-state index is 0.0346. The van der Waals surface area contributed by atoms with E-state index >= 15 is 0 Å². The maximum Gasteiger partial charge on any atom is 0.310 e. The second-order valence-electron chi connectivity index (χ2n) is 6.44. The largest absolute Gasteiger partial charge is 0.491 e. The van der Waals surface area contributed by atoms with Crippen LogP contribution in [0.5, 0.6) is 5.75 Å². The van der Waals surface area contributed by atoms with E-state index in [1.54, 1.807) is 12.1 Å². The summed E-state index contributed by atoms with van der Waals surface area (Å²) in [6, 6.07) is 9.86. The zero-order chi connectivity index (χ0) is 22.8. The first-order valence-corrected chi connectivity index (χ1v) is 9.31. The topological polar surface area (TPSA) is 91.8 Å². The van der Waals surface area contributed by atoms with Gasteiger partial charge >= 0.3 is 5.97 Å². The normalized spacial score (nSPS) is 10.0. The number of methoxy groups -OCH3 is 1. The van der Waals surface area contributed by atoms with Crippen LogP contribution in [-0.4, -0.2) is 33.0 Å². The lowest BCUT2D eigenvalue weighted by atomic mass is 10.0. The third kappa shape index (κ3) is 5.90. The van der Waals surface area contributed by atoms with Crippen molar-refractivity contribution in [2.24, 2.45) is 5.73 Å². The Morgan fingerprint density at radius 1 is 1.17 bits per heavy atom.